The van der Waals surface area contributed by atoms with Gasteiger partial charge in [-0.2, -0.15) is 0 Å². The molecule has 7 heterocycles. The second-order valence-corrected chi connectivity index (χ2v) is 29.0. The van der Waals surface area contributed by atoms with Crippen LogP contribution in [0, 0.1) is 0 Å². The molecule has 5 N–H and O–H groups in total. The first-order valence-electron chi connectivity index (χ1n) is 26.4. The molecular formula is C47H68N14O19P2S4. The van der Waals surface area contributed by atoms with Gasteiger partial charge in [-0.15, -0.1) is 0 Å². The number of ether oxygens (including phenoxy) is 6. The number of carbonyl (C=O) groups is 6. The molecule has 1 unspecified atom stereocenters. The van der Waals surface area contributed by atoms with Crippen molar-refractivity contribution in [2.24, 2.45) is 0 Å². The minimum atomic E-state index is -4.49. The third-order valence-corrected chi connectivity index (χ3v) is 20.1. The Bertz CT molecular complexity index is 3170. The van der Waals surface area contributed by atoms with E-state index in [0.717, 1.165) is 12.0 Å². The first-order valence-corrected chi connectivity index (χ1v) is 34.1. The standard InChI is InChI=1S/C47H68N14O19P2S4/c1-47(2,11-9-31(62)56(3)12-13-57(4)32(63)10-16-72-17-15-59-33(64)7-8-34(59)65)86-85-20-19-73-45(67)58(5)14-18-74-46(68)79-29-21-28(77-43(29)60-26-54-35-39(48)50-24-52-41(35)60)22-75-82(70,84)80-38-37(66)30(23-76-81(69,83)71-6)78-44(38)61-27-55-36-40(49)51-25-53-42(36)61/h7-8,24-30,37-38,43-44,66H,9-23H2,1-6H3,(H,69,83)(H,70,84)(H2,48,50,52)(H2,49,51,53)/t28-,29+,30+,37+,38+,43+,44+,81?,82+/m0/s1. The van der Waals surface area contributed by atoms with E-state index < -0.39 is 93.8 Å². The Hall–Kier alpha value is -5.40. The number of nitrogens with zero attached hydrogens (tertiary/aromatic N) is 12. The summed E-state index contributed by atoms with van der Waals surface area (Å²) in [6.45, 7) is -4.63. The van der Waals surface area contributed by atoms with E-state index >= 15 is 0 Å². The van der Waals surface area contributed by atoms with Crippen LogP contribution in [-0.2, 0) is 74.8 Å². The zero-order valence-corrected chi connectivity index (χ0v) is 52.7. The number of aromatic nitrogens is 8. The fourth-order valence-electron chi connectivity index (χ4n) is 8.50. The molecule has 86 heavy (non-hydrogen) atoms. The van der Waals surface area contributed by atoms with Crippen LogP contribution in [0.2, 0.25) is 0 Å². The van der Waals surface area contributed by atoms with Gasteiger partial charge < -0.3 is 64.2 Å². The average molecular weight is 1320 g/mol. The average Bonchev–Trinajstić information content (AvgIpc) is 1.82. The first kappa shape index (κ1) is 68.1. The number of aliphatic hydroxyl groups excluding tert-OH is 1. The summed E-state index contributed by atoms with van der Waals surface area (Å²) in [5, 5.41) is 11.5. The van der Waals surface area contributed by atoms with Gasteiger partial charge in [0.05, 0.1) is 64.7 Å². The summed E-state index contributed by atoms with van der Waals surface area (Å²) in [6, 6.07) is 0. The van der Waals surface area contributed by atoms with Crippen molar-refractivity contribution in [3.05, 3.63) is 37.5 Å². The number of carbonyl (C=O) groups excluding carboxylic acids is 6. The molecule has 39 heteroatoms. The zero-order chi connectivity index (χ0) is 62.5. The van der Waals surface area contributed by atoms with Crippen molar-refractivity contribution < 1.29 is 89.5 Å². The molecule has 33 nitrogen and oxygen atoms in total. The number of fused-ring (bicyclic) bond motifs is 2. The highest BCUT2D eigenvalue weighted by Crippen LogP contribution is 2.58. The molecule has 3 aliphatic rings. The number of nitrogens with two attached hydrogens (primary N) is 2. The Morgan fingerprint density at radius 1 is 0.779 bits per heavy atom. The SMILES string of the molecule is COP(=O)(S)OC[C@H]1O[C@@H](n2cnc3c(N)ncnc32)[C@H](O[P@](=O)(S)OC[C@@H]2C[C@@H](OC(=O)OCCN(C)C(=O)OCCSSC(C)(C)CCC(=O)N(C)CCN(C)C(=O)CCOCCN3C(=O)C=CC3=O)[C@H](n3cnc4c(N)ncnc43)O2)[C@@H]1O. The fourth-order valence-corrected chi connectivity index (χ4v) is 13.0. The molecule has 2 saturated heterocycles. The molecular weight excluding hydrogens is 1250 g/mol. The zero-order valence-electron chi connectivity index (χ0n) is 47.5. The molecule has 0 aliphatic carbocycles. The molecule has 5 amide bonds. The van der Waals surface area contributed by atoms with Crippen molar-refractivity contribution in [3.8, 4) is 0 Å². The Labute approximate surface area is 511 Å². The van der Waals surface area contributed by atoms with E-state index in [1.807, 2.05) is 13.8 Å². The van der Waals surface area contributed by atoms with Crippen LogP contribution < -0.4 is 11.5 Å². The lowest BCUT2D eigenvalue weighted by Gasteiger charge is -2.26. The van der Waals surface area contributed by atoms with Gasteiger partial charge in [-0.05, 0) is 20.3 Å². The second kappa shape index (κ2) is 30.7. The lowest BCUT2D eigenvalue weighted by molar-refractivity contribution is -0.138. The minimum absolute atomic E-state index is 0.0379. The van der Waals surface area contributed by atoms with Crippen LogP contribution in [0.5, 0.6) is 0 Å². The normalized spacial score (nSPS) is 21.9. The van der Waals surface area contributed by atoms with Gasteiger partial charge in [0.25, 0.3) is 11.8 Å². The third kappa shape index (κ3) is 18.6. The molecule has 0 bridgehead atoms. The summed E-state index contributed by atoms with van der Waals surface area (Å²) in [5.41, 5.74) is 12.8. The summed E-state index contributed by atoms with van der Waals surface area (Å²) in [6.07, 6.45) is -2.45. The van der Waals surface area contributed by atoms with Gasteiger partial charge in [0.2, 0.25) is 11.8 Å². The van der Waals surface area contributed by atoms with Crippen molar-refractivity contribution in [2.75, 3.05) is 111 Å². The summed E-state index contributed by atoms with van der Waals surface area (Å²) in [5.74, 6) is -0.500. The molecule has 474 valence electrons. The summed E-state index contributed by atoms with van der Waals surface area (Å²) in [7, 11) is 8.93. The monoisotopic (exact) mass is 1320 g/mol. The summed E-state index contributed by atoms with van der Waals surface area (Å²) >= 11 is 8.07. The van der Waals surface area contributed by atoms with Crippen molar-refractivity contribution >= 4 is 130 Å². The van der Waals surface area contributed by atoms with Gasteiger partial charge >= 0.3 is 25.8 Å². The quantitative estimate of drug-likeness (QED) is 0.0117. The Kier molecular flexibility index (Phi) is 24.3. The maximum atomic E-state index is 14.1. The van der Waals surface area contributed by atoms with Gasteiger partial charge in [0.15, 0.2) is 41.5 Å². The van der Waals surface area contributed by atoms with Gasteiger partial charge in [0.1, 0.15) is 55.2 Å². The maximum Gasteiger partial charge on any atom is 0.508 e. The van der Waals surface area contributed by atoms with Gasteiger partial charge in [-0.1, -0.05) is 46.1 Å². The topological polar surface area (TPSA) is 401 Å². The molecule has 0 aromatic carbocycles. The molecule has 0 saturated carbocycles. The maximum absolute atomic E-state index is 14.1. The molecule has 2 fully saturated rings. The van der Waals surface area contributed by atoms with E-state index in [1.54, 1.807) is 29.8 Å². The lowest BCUT2D eigenvalue weighted by Crippen LogP contribution is -2.38. The highest BCUT2D eigenvalue weighted by atomic mass is 33.1. The minimum Gasteiger partial charge on any atom is -0.449 e. The number of rotatable bonds is 32. The summed E-state index contributed by atoms with van der Waals surface area (Å²) < 4.78 is 84.9. The van der Waals surface area contributed by atoms with E-state index in [9.17, 15) is 43.0 Å². The van der Waals surface area contributed by atoms with E-state index in [4.69, 9.17) is 58.0 Å². The van der Waals surface area contributed by atoms with E-state index in [2.05, 4.69) is 54.4 Å². The number of thiol groups is 2. The Balaban J connectivity index is 0.822. The number of hydrogen-bond acceptors (Lipinski definition) is 29. The van der Waals surface area contributed by atoms with Crippen LogP contribution in [0.1, 0.15) is 52.0 Å². The molecule has 4 aromatic heterocycles. The number of anilines is 2. The largest absolute Gasteiger partial charge is 0.508 e. The highest BCUT2D eigenvalue weighted by molar-refractivity contribution is 8.77. The van der Waals surface area contributed by atoms with Crippen LogP contribution in [0.25, 0.3) is 22.3 Å². The number of imide groups is 1. The fraction of sp³-hybridized carbons (Fsp3) is 0.617. The predicted molar refractivity (Wildman–Crippen MR) is 315 cm³/mol. The van der Waals surface area contributed by atoms with Gasteiger partial charge in [0, 0.05) is 76.8 Å². The van der Waals surface area contributed by atoms with Crippen molar-refractivity contribution in [3.63, 3.8) is 0 Å². The van der Waals surface area contributed by atoms with E-state index in [1.165, 1.54) is 74.2 Å². The Morgan fingerprint density at radius 3 is 2.01 bits per heavy atom. The molecule has 3 aliphatic heterocycles. The third-order valence-electron chi connectivity index (χ3n) is 13.4. The molecule has 9 atom stereocenters. The molecule has 0 spiro atoms. The predicted octanol–water partition coefficient (Wildman–Crippen LogP) is 3.30. The van der Waals surface area contributed by atoms with Crippen LogP contribution in [0.3, 0.4) is 0 Å². The second-order valence-electron chi connectivity index (χ2n) is 20.0. The number of nitrogen functional groups attached to an aromatic ring is 2. The first-order chi connectivity index (χ1) is 40.8. The van der Waals surface area contributed by atoms with Crippen molar-refractivity contribution in [2.45, 2.75) is 87.3 Å². The van der Waals surface area contributed by atoms with Crippen molar-refractivity contribution in [1.82, 2.24) is 58.6 Å². The van der Waals surface area contributed by atoms with Crippen LogP contribution in [-0.4, -0.2) is 235 Å². The van der Waals surface area contributed by atoms with Crippen molar-refractivity contribution in [1.29, 1.82) is 0 Å². The smallest absolute Gasteiger partial charge is 0.449 e. The molecule has 4 aromatic rings. The number of imidazole rings is 2. The van der Waals surface area contributed by atoms with E-state index in [0.29, 0.717) is 25.3 Å². The summed E-state index contributed by atoms with van der Waals surface area (Å²) in [4.78, 5) is 105. The van der Waals surface area contributed by atoms with Crippen LogP contribution >= 0.6 is 59.7 Å². The van der Waals surface area contributed by atoms with E-state index in [-0.39, 0.29) is 109 Å². The Morgan fingerprint density at radius 2 is 1.38 bits per heavy atom. The number of aliphatic hydroxyl groups is 1. The molecule has 7 rings (SSSR count). The van der Waals surface area contributed by atoms with Gasteiger partial charge in [-0.3, -0.25) is 46.8 Å². The lowest BCUT2D eigenvalue weighted by atomic mass is 10.1. The number of amides is 5. The highest BCUT2D eigenvalue weighted by Gasteiger charge is 2.50. The number of hydrogen-bond donors (Lipinski definition) is 5. The van der Waals surface area contributed by atoms with Crippen LogP contribution in [0.4, 0.5) is 21.2 Å². The molecule has 0 radical (unpaired) electrons. The van der Waals surface area contributed by atoms with Gasteiger partial charge in [-0.25, -0.2) is 48.6 Å². The number of likely N-dealkylation sites (N-methyl/N-ethyl adjacent to an activating group) is 3. The van der Waals surface area contributed by atoms with Crippen LogP contribution in [0.15, 0.2) is 37.5 Å².